The summed E-state index contributed by atoms with van der Waals surface area (Å²) in [5.74, 6) is -0.821. The SMILES string of the molecule is NC(=O)c1ccc(C(=O)NCCCNCc2ccccc2)cn1. The van der Waals surface area contributed by atoms with Gasteiger partial charge >= 0.3 is 0 Å². The van der Waals surface area contributed by atoms with Crippen molar-refractivity contribution in [2.75, 3.05) is 13.1 Å². The lowest BCUT2D eigenvalue weighted by atomic mass is 10.2. The number of benzene rings is 1. The highest BCUT2D eigenvalue weighted by atomic mass is 16.2. The van der Waals surface area contributed by atoms with Gasteiger partial charge < -0.3 is 16.4 Å². The van der Waals surface area contributed by atoms with Crippen LogP contribution < -0.4 is 16.4 Å². The number of nitrogens with zero attached hydrogens (tertiary/aromatic N) is 1. The monoisotopic (exact) mass is 312 g/mol. The van der Waals surface area contributed by atoms with Crippen LogP contribution >= 0.6 is 0 Å². The Morgan fingerprint density at radius 2 is 1.83 bits per heavy atom. The zero-order chi connectivity index (χ0) is 16.5. The Hall–Kier alpha value is -2.73. The smallest absolute Gasteiger partial charge is 0.267 e. The van der Waals surface area contributed by atoms with Crippen molar-refractivity contribution < 1.29 is 9.59 Å². The normalized spacial score (nSPS) is 10.3. The lowest BCUT2D eigenvalue weighted by Gasteiger charge is -2.07. The van der Waals surface area contributed by atoms with Crippen LogP contribution in [0.15, 0.2) is 48.7 Å². The van der Waals surface area contributed by atoms with Crippen LogP contribution in [0.25, 0.3) is 0 Å². The molecule has 1 aromatic heterocycles. The number of carbonyl (C=O) groups excluding carboxylic acids is 2. The maximum atomic E-state index is 11.9. The summed E-state index contributed by atoms with van der Waals surface area (Å²) in [6, 6.07) is 13.1. The van der Waals surface area contributed by atoms with E-state index in [1.807, 2.05) is 18.2 Å². The van der Waals surface area contributed by atoms with Gasteiger partial charge in [-0.1, -0.05) is 30.3 Å². The first-order valence-electron chi connectivity index (χ1n) is 7.45. The Morgan fingerprint density at radius 1 is 1.04 bits per heavy atom. The fraction of sp³-hybridized carbons (Fsp3) is 0.235. The van der Waals surface area contributed by atoms with Crippen molar-refractivity contribution in [3.8, 4) is 0 Å². The van der Waals surface area contributed by atoms with Crippen LogP contribution in [0.5, 0.6) is 0 Å². The third kappa shape index (κ3) is 5.52. The topological polar surface area (TPSA) is 97.1 Å². The van der Waals surface area contributed by atoms with E-state index in [1.165, 1.54) is 23.9 Å². The molecule has 0 atom stereocenters. The summed E-state index contributed by atoms with van der Waals surface area (Å²) in [7, 11) is 0. The molecule has 4 N–H and O–H groups in total. The summed E-state index contributed by atoms with van der Waals surface area (Å²) in [6.07, 6.45) is 2.18. The van der Waals surface area contributed by atoms with Crippen LogP contribution in [0.2, 0.25) is 0 Å². The quantitative estimate of drug-likeness (QED) is 0.636. The second kappa shape index (κ2) is 8.65. The van der Waals surface area contributed by atoms with Crippen LogP contribution in [0.3, 0.4) is 0 Å². The highest BCUT2D eigenvalue weighted by Gasteiger charge is 2.07. The van der Waals surface area contributed by atoms with E-state index in [9.17, 15) is 9.59 Å². The minimum Gasteiger partial charge on any atom is -0.364 e. The largest absolute Gasteiger partial charge is 0.364 e. The Kier molecular flexibility index (Phi) is 6.26. The maximum Gasteiger partial charge on any atom is 0.267 e. The van der Waals surface area contributed by atoms with E-state index in [2.05, 4.69) is 27.8 Å². The molecular formula is C17H20N4O2. The number of carbonyl (C=O) groups is 2. The van der Waals surface area contributed by atoms with Gasteiger partial charge in [0.05, 0.1) is 5.56 Å². The number of hydrogen-bond donors (Lipinski definition) is 3. The summed E-state index contributed by atoms with van der Waals surface area (Å²) < 4.78 is 0. The van der Waals surface area contributed by atoms with Gasteiger partial charge in [0.1, 0.15) is 5.69 Å². The molecule has 0 aliphatic heterocycles. The van der Waals surface area contributed by atoms with Crippen LogP contribution in [-0.4, -0.2) is 29.9 Å². The van der Waals surface area contributed by atoms with Gasteiger partial charge in [-0.15, -0.1) is 0 Å². The van der Waals surface area contributed by atoms with Crippen molar-refractivity contribution in [2.45, 2.75) is 13.0 Å². The molecular weight excluding hydrogens is 292 g/mol. The van der Waals surface area contributed by atoms with Gasteiger partial charge in [0, 0.05) is 19.3 Å². The molecule has 0 spiro atoms. The molecule has 0 saturated carbocycles. The number of amides is 2. The molecule has 1 heterocycles. The van der Waals surface area contributed by atoms with E-state index in [4.69, 9.17) is 5.73 Å². The van der Waals surface area contributed by atoms with E-state index in [-0.39, 0.29) is 11.6 Å². The minimum atomic E-state index is -0.610. The van der Waals surface area contributed by atoms with Crippen molar-refractivity contribution in [1.29, 1.82) is 0 Å². The molecule has 1 aromatic carbocycles. The molecule has 0 fully saturated rings. The number of nitrogens with two attached hydrogens (primary N) is 1. The number of rotatable bonds is 8. The first-order valence-corrected chi connectivity index (χ1v) is 7.45. The fourth-order valence-corrected chi connectivity index (χ4v) is 2.02. The lowest BCUT2D eigenvalue weighted by molar-refractivity contribution is 0.0949. The van der Waals surface area contributed by atoms with E-state index in [1.54, 1.807) is 0 Å². The molecule has 0 unspecified atom stereocenters. The summed E-state index contributed by atoms with van der Waals surface area (Å²) in [5.41, 5.74) is 6.89. The van der Waals surface area contributed by atoms with Crippen molar-refractivity contribution in [1.82, 2.24) is 15.6 Å². The Bertz CT molecular complexity index is 641. The van der Waals surface area contributed by atoms with E-state index in [0.717, 1.165) is 19.5 Å². The third-order valence-electron chi connectivity index (χ3n) is 3.27. The molecule has 0 saturated heterocycles. The Balaban J connectivity index is 1.64. The highest BCUT2D eigenvalue weighted by Crippen LogP contribution is 2.00. The van der Waals surface area contributed by atoms with Crippen LogP contribution in [0, 0.1) is 0 Å². The average molecular weight is 312 g/mol. The van der Waals surface area contributed by atoms with E-state index in [0.29, 0.717) is 12.1 Å². The molecule has 120 valence electrons. The third-order valence-corrected chi connectivity index (χ3v) is 3.27. The Morgan fingerprint density at radius 3 is 2.48 bits per heavy atom. The number of primary amides is 1. The molecule has 2 amide bonds. The molecule has 0 aliphatic rings. The predicted molar refractivity (Wildman–Crippen MR) is 87.9 cm³/mol. The zero-order valence-electron chi connectivity index (χ0n) is 12.8. The second-order valence-corrected chi connectivity index (χ2v) is 5.07. The van der Waals surface area contributed by atoms with E-state index >= 15 is 0 Å². The maximum absolute atomic E-state index is 11.9. The van der Waals surface area contributed by atoms with Gasteiger partial charge in [-0.25, -0.2) is 0 Å². The van der Waals surface area contributed by atoms with Crippen molar-refractivity contribution >= 4 is 11.8 Å². The number of aromatic nitrogens is 1. The number of pyridine rings is 1. The van der Waals surface area contributed by atoms with Gasteiger partial charge in [-0.3, -0.25) is 14.6 Å². The molecule has 0 bridgehead atoms. The predicted octanol–water partition coefficient (Wildman–Crippen LogP) is 1.09. The average Bonchev–Trinajstić information content (AvgIpc) is 2.58. The van der Waals surface area contributed by atoms with Crippen LogP contribution in [-0.2, 0) is 6.54 Å². The number of hydrogen-bond acceptors (Lipinski definition) is 4. The Labute approximate surface area is 135 Å². The fourth-order valence-electron chi connectivity index (χ4n) is 2.02. The molecule has 23 heavy (non-hydrogen) atoms. The van der Waals surface area contributed by atoms with E-state index < -0.39 is 5.91 Å². The lowest BCUT2D eigenvalue weighted by Crippen LogP contribution is -2.27. The first-order chi connectivity index (χ1) is 11.2. The minimum absolute atomic E-state index is 0.145. The van der Waals surface area contributed by atoms with Crippen LogP contribution in [0.4, 0.5) is 0 Å². The first kappa shape index (κ1) is 16.6. The number of nitrogens with one attached hydrogen (secondary N) is 2. The summed E-state index contributed by atoms with van der Waals surface area (Å²) in [6.45, 7) is 2.19. The zero-order valence-corrected chi connectivity index (χ0v) is 12.8. The van der Waals surface area contributed by atoms with Crippen molar-refractivity contribution in [2.24, 2.45) is 5.73 Å². The standard InChI is InChI=1S/C17H20N4O2/c18-16(22)15-8-7-14(12-21-15)17(23)20-10-4-9-19-11-13-5-2-1-3-6-13/h1-3,5-8,12,19H,4,9-11H2,(H2,18,22)(H,20,23). The van der Waals surface area contributed by atoms with Gasteiger partial charge in [0.15, 0.2) is 0 Å². The second-order valence-electron chi connectivity index (χ2n) is 5.07. The molecule has 6 heteroatoms. The molecule has 6 nitrogen and oxygen atoms in total. The van der Waals surface area contributed by atoms with Gasteiger partial charge in [0.2, 0.25) is 0 Å². The summed E-state index contributed by atoms with van der Waals surface area (Å²) in [5, 5.41) is 6.13. The van der Waals surface area contributed by atoms with Crippen LogP contribution in [0.1, 0.15) is 32.8 Å². The highest BCUT2D eigenvalue weighted by molar-refractivity contribution is 5.95. The van der Waals surface area contributed by atoms with Crippen molar-refractivity contribution in [3.63, 3.8) is 0 Å². The van der Waals surface area contributed by atoms with Gasteiger partial charge in [-0.2, -0.15) is 0 Å². The van der Waals surface area contributed by atoms with Crippen molar-refractivity contribution in [3.05, 3.63) is 65.5 Å². The molecule has 0 radical (unpaired) electrons. The summed E-state index contributed by atoms with van der Waals surface area (Å²) >= 11 is 0. The van der Waals surface area contributed by atoms with Gasteiger partial charge in [-0.05, 0) is 30.7 Å². The molecule has 0 aliphatic carbocycles. The summed E-state index contributed by atoms with van der Waals surface area (Å²) in [4.78, 5) is 26.6. The van der Waals surface area contributed by atoms with Gasteiger partial charge in [0.25, 0.3) is 11.8 Å². The molecule has 2 aromatic rings. The molecule has 2 rings (SSSR count).